The number of nitrogens with zero attached hydrogens (tertiary/aromatic N) is 2. The summed E-state index contributed by atoms with van der Waals surface area (Å²) in [6.45, 7) is 3.85. The number of hydrogen-bond donors (Lipinski definition) is 3. The number of likely N-dealkylation sites (tertiary alicyclic amines) is 1. The molecule has 1 spiro atoms. The fourth-order valence-corrected chi connectivity index (χ4v) is 6.02. The fraction of sp³-hybridized carbons (Fsp3) is 0.536. The fourth-order valence-electron chi connectivity index (χ4n) is 6.02. The molecule has 1 atom stereocenters. The van der Waals surface area contributed by atoms with Crippen LogP contribution in [-0.4, -0.2) is 59.3 Å². The molecule has 3 aliphatic rings. The molecular formula is C28H36N4O4. The number of benzene rings is 1. The lowest BCUT2D eigenvalue weighted by molar-refractivity contribution is -0.140. The number of aliphatic carboxylic acids is 1. The van der Waals surface area contributed by atoms with Crippen molar-refractivity contribution in [2.75, 3.05) is 31.5 Å². The van der Waals surface area contributed by atoms with Crippen LogP contribution in [0.2, 0.25) is 0 Å². The molecule has 2 aromatic rings. The van der Waals surface area contributed by atoms with E-state index in [9.17, 15) is 14.7 Å². The Bertz CT molecular complexity index is 1060. The van der Waals surface area contributed by atoms with Gasteiger partial charge in [-0.25, -0.2) is 14.6 Å². The van der Waals surface area contributed by atoms with Gasteiger partial charge < -0.3 is 25.4 Å². The molecule has 192 valence electrons. The molecule has 8 heteroatoms. The van der Waals surface area contributed by atoms with E-state index in [0.29, 0.717) is 18.4 Å². The number of rotatable bonds is 10. The number of nitrogens with one attached hydrogen (secondary N) is 2. The van der Waals surface area contributed by atoms with Gasteiger partial charge in [0.05, 0.1) is 0 Å². The Balaban J connectivity index is 0.981. The standard InChI is InChI=1S/C28H36N4O4/c33-26(34)24(31-27(35)36-17-20-5-2-1-3-6-20)12-14-32-18-28(19-32)15-21(16-28)8-10-23-11-9-22-7-4-13-29-25(22)30-23/h1-3,5-6,9,11,21,24H,4,7-8,10,12-19H2,(H,29,30)(H,31,35)(H,33,34)/t24-/m0/s1. The van der Waals surface area contributed by atoms with E-state index in [1.807, 2.05) is 30.3 Å². The zero-order chi connectivity index (χ0) is 25.0. The van der Waals surface area contributed by atoms with Crippen molar-refractivity contribution in [2.45, 2.75) is 57.6 Å². The predicted octanol–water partition coefficient (Wildman–Crippen LogP) is 3.85. The summed E-state index contributed by atoms with van der Waals surface area (Å²) < 4.78 is 5.17. The summed E-state index contributed by atoms with van der Waals surface area (Å²) in [5.74, 6) is 0.805. The van der Waals surface area contributed by atoms with Gasteiger partial charge in [0.2, 0.25) is 0 Å². The third kappa shape index (κ3) is 5.98. The van der Waals surface area contributed by atoms with Gasteiger partial charge in [0, 0.05) is 31.9 Å². The number of carbonyl (C=O) groups excluding carboxylic acids is 1. The Morgan fingerprint density at radius 3 is 2.78 bits per heavy atom. The number of ether oxygens (including phenoxy) is 1. The Labute approximate surface area is 212 Å². The average Bonchev–Trinajstić information content (AvgIpc) is 2.84. The molecule has 1 aromatic heterocycles. The summed E-state index contributed by atoms with van der Waals surface area (Å²) in [7, 11) is 0. The van der Waals surface area contributed by atoms with Crippen LogP contribution in [0.25, 0.3) is 0 Å². The highest BCUT2D eigenvalue weighted by molar-refractivity contribution is 5.79. The summed E-state index contributed by atoms with van der Waals surface area (Å²) in [5, 5.41) is 15.4. The highest BCUT2D eigenvalue weighted by Crippen LogP contribution is 2.53. The van der Waals surface area contributed by atoms with E-state index < -0.39 is 18.1 Å². The molecule has 0 bridgehead atoms. The molecule has 1 saturated heterocycles. The van der Waals surface area contributed by atoms with E-state index in [1.54, 1.807) is 0 Å². The van der Waals surface area contributed by atoms with Crippen LogP contribution in [0.3, 0.4) is 0 Å². The first-order valence-electron chi connectivity index (χ1n) is 13.1. The number of fused-ring (bicyclic) bond motifs is 1. The van der Waals surface area contributed by atoms with E-state index >= 15 is 0 Å². The Morgan fingerprint density at radius 2 is 2.00 bits per heavy atom. The van der Waals surface area contributed by atoms with Crippen LogP contribution in [0.1, 0.15) is 48.9 Å². The Kier molecular flexibility index (Phi) is 7.41. The molecule has 2 aliphatic heterocycles. The molecule has 2 fully saturated rings. The normalized spacial score (nSPS) is 19.3. The number of aryl methyl sites for hydroxylation is 2. The zero-order valence-electron chi connectivity index (χ0n) is 20.7. The first-order chi connectivity index (χ1) is 17.5. The van der Waals surface area contributed by atoms with Crippen molar-refractivity contribution in [3.63, 3.8) is 0 Å². The lowest BCUT2D eigenvalue weighted by Crippen LogP contribution is -2.62. The van der Waals surface area contributed by atoms with Crippen molar-refractivity contribution in [1.82, 2.24) is 15.2 Å². The van der Waals surface area contributed by atoms with Crippen LogP contribution in [0.4, 0.5) is 10.6 Å². The van der Waals surface area contributed by atoms with Gasteiger partial charge in [0.25, 0.3) is 0 Å². The number of carbonyl (C=O) groups is 2. The Morgan fingerprint density at radius 1 is 1.19 bits per heavy atom. The third-order valence-corrected chi connectivity index (χ3v) is 7.86. The number of hydrogen-bond acceptors (Lipinski definition) is 6. The zero-order valence-corrected chi connectivity index (χ0v) is 20.7. The van der Waals surface area contributed by atoms with Gasteiger partial charge in [0.15, 0.2) is 0 Å². The molecule has 0 radical (unpaired) electrons. The molecular weight excluding hydrogens is 456 g/mol. The summed E-state index contributed by atoms with van der Waals surface area (Å²) in [5.41, 5.74) is 3.80. The monoisotopic (exact) mass is 492 g/mol. The lowest BCUT2D eigenvalue weighted by atomic mass is 9.56. The van der Waals surface area contributed by atoms with Crippen molar-refractivity contribution in [3.05, 3.63) is 59.3 Å². The molecule has 8 nitrogen and oxygen atoms in total. The molecule has 36 heavy (non-hydrogen) atoms. The minimum Gasteiger partial charge on any atom is -0.480 e. The second-order valence-electron chi connectivity index (χ2n) is 10.7. The summed E-state index contributed by atoms with van der Waals surface area (Å²) in [6, 6.07) is 12.8. The Hall–Kier alpha value is -3.13. The number of aromatic nitrogens is 1. The maximum Gasteiger partial charge on any atom is 0.408 e. The molecule has 1 saturated carbocycles. The number of carboxylic acids is 1. The van der Waals surface area contributed by atoms with Crippen LogP contribution in [0.15, 0.2) is 42.5 Å². The first-order valence-corrected chi connectivity index (χ1v) is 13.1. The van der Waals surface area contributed by atoms with E-state index in [4.69, 9.17) is 9.72 Å². The number of alkyl carbamates (subject to hydrolysis) is 1. The quantitative estimate of drug-likeness (QED) is 0.463. The number of anilines is 1. The van der Waals surface area contributed by atoms with Gasteiger partial charge in [-0.3, -0.25) is 0 Å². The third-order valence-electron chi connectivity index (χ3n) is 7.86. The highest BCUT2D eigenvalue weighted by Gasteiger charge is 2.51. The van der Waals surface area contributed by atoms with Gasteiger partial charge in [-0.1, -0.05) is 36.4 Å². The van der Waals surface area contributed by atoms with Crippen LogP contribution in [-0.2, 0) is 29.0 Å². The van der Waals surface area contributed by atoms with Crippen LogP contribution in [0.5, 0.6) is 0 Å². The maximum absolute atomic E-state index is 12.1. The van der Waals surface area contributed by atoms with Crippen molar-refractivity contribution >= 4 is 17.9 Å². The van der Waals surface area contributed by atoms with E-state index in [2.05, 4.69) is 27.7 Å². The topological polar surface area (TPSA) is 104 Å². The van der Waals surface area contributed by atoms with Crippen LogP contribution < -0.4 is 10.6 Å². The molecule has 1 aromatic carbocycles. The van der Waals surface area contributed by atoms with E-state index in [-0.39, 0.29) is 6.61 Å². The van der Waals surface area contributed by atoms with Gasteiger partial charge in [-0.2, -0.15) is 0 Å². The average molecular weight is 493 g/mol. The summed E-state index contributed by atoms with van der Waals surface area (Å²) in [6.07, 6.45) is 6.70. The van der Waals surface area contributed by atoms with Crippen molar-refractivity contribution in [2.24, 2.45) is 11.3 Å². The van der Waals surface area contributed by atoms with Gasteiger partial charge in [-0.05, 0) is 73.5 Å². The molecule has 1 amide bonds. The summed E-state index contributed by atoms with van der Waals surface area (Å²) in [4.78, 5) is 30.8. The van der Waals surface area contributed by atoms with Crippen LogP contribution in [0, 0.1) is 11.3 Å². The number of amides is 1. The molecule has 1 aliphatic carbocycles. The van der Waals surface area contributed by atoms with E-state index in [1.165, 1.54) is 36.9 Å². The van der Waals surface area contributed by atoms with Crippen molar-refractivity contribution < 1.29 is 19.4 Å². The molecule has 3 heterocycles. The van der Waals surface area contributed by atoms with Gasteiger partial charge >= 0.3 is 12.1 Å². The highest BCUT2D eigenvalue weighted by atomic mass is 16.5. The number of pyridine rings is 1. The lowest BCUT2D eigenvalue weighted by Gasteiger charge is -2.59. The SMILES string of the molecule is O=C(N[C@@H](CCN1CC2(CC(CCc3ccc4c(n3)NCCC4)C2)C1)C(=O)O)OCc1ccccc1. The van der Waals surface area contributed by atoms with Crippen molar-refractivity contribution in [1.29, 1.82) is 0 Å². The maximum atomic E-state index is 12.1. The first kappa shape index (κ1) is 24.6. The predicted molar refractivity (Wildman–Crippen MR) is 137 cm³/mol. The second-order valence-corrected chi connectivity index (χ2v) is 10.7. The van der Waals surface area contributed by atoms with Crippen molar-refractivity contribution in [3.8, 4) is 0 Å². The molecule has 3 N–H and O–H groups in total. The molecule has 5 rings (SSSR count). The van der Waals surface area contributed by atoms with Crippen LogP contribution >= 0.6 is 0 Å². The van der Waals surface area contributed by atoms with E-state index in [0.717, 1.165) is 49.8 Å². The number of carboxylic acid groups (broad SMARTS) is 1. The summed E-state index contributed by atoms with van der Waals surface area (Å²) >= 11 is 0. The minimum atomic E-state index is -1.03. The van der Waals surface area contributed by atoms with Gasteiger partial charge in [0.1, 0.15) is 18.5 Å². The molecule has 0 unspecified atom stereocenters. The minimum absolute atomic E-state index is 0.119. The smallest absolute Gasteiger partial charge is 0.408 e. The largest absolute Gasteiger partial charge is 0.480 e. The van der Waals surface area contributed by atoms with Gasteiger partial charge in [-0.15, -0.1) is 0 Å². The second kappa shape index (κ2) is 10.9.